The minimum Gasteiger partial charge on any atom is -0.475 e. The molecule has 0 saturated carbocycles. The summed E-state index contributed by atoms with van der Waals surface area (Å²) in [4.78, 5) is 16.2. The second kappa shape index (κ2) is 4.85. The summed E-state index contributed by atoms with van der Waals surface area (Å²) in [5, 5.41) is 5.30. The number of allylic oxidation sites excluding steroid dienone is 1. The van der Waals surface area contributed by atoms with Crippen LogP contribution in [0.1, 0.15) is 25.0 Å². The summed E-state index contributed by atoms with van der Waals surface area (Å²) in [7, 11) is 0. The van der Waals surface area contributed by atoms with Gasteiger partial charge in [-0.3, -0.25) is 20.0 Å². The fraction of sp³-hybridized carbons (Fsp3) is 0.200. The van der Waals surface area contributed by atoms with E-state index in [-0.39, 0.29) is 11.7 Å². The van der Waals surface area contributed by atoms with E-state index in [4.69, 9.17) is 4.74 Å². The molecule has 102 valence electrons. The molecule has 0 unspecified atom stereocenters. The Bertz CT molecular complexity index is 750. The number of fused-ring (bicyclic) bond motifs is 1. The number of rotatable bonds is 3. The van der Waals surface area contributed by atoms with E-state index in [9.17, 15) is 4.79 Å². The highest BCUT2D eigenvalue weighted by molar-refractivity contribution is 6.21. The summed E-state index contributed by atoms with van der Waals surface area (Å²) in [5.41, 5.74) is 3.11. The molecule has 0 bridgehead atoms. The fourth-order valence-electron chi connectivity index (χ4n) is 2.12. The Labute approximate surface area is 116 Å². The van der Waals surface area contributed by atoms with Crippen molar-refractivity contribution in [3.8, 4) is 5.88 Å². The van der Waals surface area contributed by atoms with Gasteiger partial charge in [0.2, 0.25) is 5.88 Å². The molecular formula is C15H15N3O2. The Hall–Kier alpha value is -2.56. The van der Waals surface area contributed by atoms with E-state index in [2.05, 4.69) is 15.2 Å². The van der Waals surface area contributed by atoms with Crippen molar-refractivity contribution >= 4 is 23.6 Å². The number of para-hydroxylation sites is 1. The molecule has 0 spiro atoms. The lowest BCUT2D eigenvalue weighted by Crippen LogP contribution is -2.08. The molecule has 0 saturated heterocycles. The summed E-state index contributed by atoms with van der Waals surface area (Å²) in [6.45, 7) is 3.82. The van der Waals surface area contributed by atoms with Crippen molar-refractivity contribution in [1.29, 1.82) is 0 Å². The van der Waals surface area contributed by atoms with Crippen LogP contribution < -0.4 is 10.3 Å². The van der Waals surface area contributed by atoms with Gasteiger partial charge in [-0.25, -0.2) is 0 Å². The topological polar surface area (TPSA) is 70.2 Å². The first kappa shape index (κ1) is 12.5. The zero-order chi connectivity index (χ0) is 14.1. The van der Waals surface area contributed by atoms with E-state index in [0.29, 0.717) is 11.4 Å². The van der Waals surface area contributed by atoms with Crippen LogP contribution in [0.4, 0.5) is 5.69 Å². The third-order valence-corrected chi connectivity index (χ3v) is 2.99. The number of nitrogens with zero attached hydrogens (tertiary/aromatic N) is 1. The van der Waals surface area contributed by atoms with E-state index >= 15 is 0 Å². The average molecular weight is 269 g/mol. The highest BCUT2D eigenvalue weighted by Gasteiger charge is 2.15. The number of aromatic nitrogens is 2. The molecule has 2 heterocycles. The van der Waals surface area contributed by atoms with Gasteiger partial charge in [-0.2, -0.15) is 0 Å². The number of H-pyrrole nitrogens is 2. The number of benzene rings is 1. The molecule has 0 amide bonds. The Morgan fingerprint density at radius 1 is 1.25 bits per heavy atom. The number of aliphatic imine (C=N–C) groups is 1. The zero-order valence-corrected chi connectivity index (χ0v) is 11.3. The predicted molar refractivity (Wildman–Crippen MR) is 79.6 cm³/mol. The number of aromatic amines is 2. The molecule has 0 fully saturated rings. The van der Waals surface area contributed by atoms with Crippen LogP contribution in [0.2, 0.25) is 0 Å². The molecule has 1 aliphatic heterocycles. The maximum Gasteiger partial charge on any atom is 0.275 e. The van der Waals surface area contributed by atoms with Gasteiger partial charge in [-0.1, -0.05) is 18.2 Å². The molecule has 1 aromatic heterocycles. The highest BCUT2D eigenvalue weighted by Crippen LogP contribution is 2.32. The zero-order valence-electron chi connectivity index (χ0n) is 11.3. The fourth-order valence-corrected chi connectivity index (χ4v) is 2.12. The van der Waals surface area contributed by atoms with Crippen LogP contribution in [0.3, 0.4) is 0 Å². The summed E-state index contributed by atoms with van der Waals surface area (Å²) >= 11 is 0. The van der Waals surface area contributed by atoms with Crippen molar-refractivity contribution in [1.82, 2.24) is 10.2 Å². The summed E-state index contributed by atoms with van der Waals surface area (Å²) in [5.74, 6) is 0.454. The highest BCUT2D eigenvalue weighted by atomic mass is 16.5. The normalized spacial score (nSPS) is 15.1. The SMILES string of the molecule is CC(C)Oc1[nH][nH]c(=O)c1/C=C1\C=Nc2ccccc21. The summed E-state index contributed by atoms with van der Waals surface area (Å²) in [6, 6.07) is 7.82. The Morgan fingerprint density at radius 2 is 2.05 bits per heavy atom. The molecule has 20 heavy (non-hydrogen) atoms. The second-order valence-corrected chi connectivity index (χ2v) is 4.86. The lowest BCUT2D eigenvalue weighted by Gasteiger charge is -2.07. The number of nitrogens with one attached hydrogen (secondary N) is 2. The van der Waals surface area contributed by atoms with Crippen molar-refractivity contribution in [2.45, 2.75) is 20.0 Å². The molecule has 5 nitrogen and oxygen atoms in total. The molecule has 1 aromatic carbocycles. The van der Waals surface area contributed by atoms with Gasteiger partial charge in [0.15, 0.2) is 0 Å². The third kappa shape index (κ3) is 2.18. The lowest BCUT2D eigenvalue weighted by molar-refractivity contribution is 0.232. The molecule has 2 N–H and O–H groups in total. The molecule has 2 aromatic rings. The smallest absolute Gasteiger partial charge is 0.275 e. The molecule has 0 atom stereocenters. The van der Waals surface area contributed by atoms with Crippen LogP contribution in [-0.4, -0.2) is 22.5 Å². The minimum atomic E-state index is -0.203. The van der Waals surface area contributed by atoms with Crippen molar-refractivity contribution in [3.05, 3.63) is 45.7 Å². The van der Waals surface area contributed by atoms with Gasteiger partial charge in [-0.05, 0) is 26.0 Å². The molecule has 5 heteroatoms. The Balaban J connectivity index is 2.04. The maximum absolute atomic E-state index is 11.9. The van der Waals surface area contributed by atoms with Gasteiger partial charge in [0, 0.05) is 17.4 Å². The van der Waals surface area contributed by atoms with Crippen LogP contribution >= 0.6 is 0 Å². The first-order chi connectivity index (χ1) is 9.65. The third-order valence-electron chi connectivity index (χ3n) is 2.99. The van der Waals surface area contributed by atoms with Crippen molar-refractivity contribution < 1.29 is 4.74 Å². The predicted octanol–water partition coefficient (Wildman–Crippen LogP) is 2.75. The largest absolute Gasteiger partial charge is 0.475 e. The van der Waals surface area contributed by atoms with Crippen LogP contribution in [0.5, 0.6) is 5.88 Å². The van der Waals surface area contributed by atoms with Crippen LogP contribution in [0.25, 0.3) is 11.6 Å². The molecule has 1 aliphatic rings. The quantitative estimate of drug-likeness (QED) is 0.899. The van der Waals surface area contributed by atoms with Gasteiger partial charge >= 0.3 is 0 Å². The molecular weight excluding hydrogens is 254 g/mol. The summed E-state index contributed by atoms with van der Waals surface area (Å²) < 4.78 is 5.59. The minimum absolute atomic E-state index is 0.0110. The van der Waals surface area contributed by atoms with Crippen LogP contribution in [0, 0.1) is 0 Å². The van der Waals surface area contributed by atoms with E-state index in [1.165, 1.54) is 0 Å². The van der Waals surface area contributed by atoms with Gasteiger partial charge in [0.1, 0.15) is 5.56 Å². The molecule has 0 aliphatic carbocycles. The Morgan fingerprint density at radius 3 is 2.85 bits per heavy atom. The van der Waals surface area contributed by atoms with Crippen molar-refractivity contribution in [3.63, 3.8) is 0 Å². The van der Waals surface area contributed by atoms with Gasteiger partial charge in [0.25, 0.3) is 5.56 Å². The summed E-state index contributed by atoms with van der Waals surface area (Å²) in [6.07, 6.45) is 3.54. The maximum atomic E-state index is 11.9. The van der Waals surface area contributed by atoms with Gasteiger partial charge < -0.3 is 4.74 Å². The van der Waals surface area contributed by atoms with Gasteiger partial charge in [-0.15, -0.1) is 0 Å². The van der Waals surface area contributed by atoms with Crippen LogP contribution in [0.15, 0.2) is 34.1 Å². The molecule has 3 rings (SSSR count). The number of hydrogen-bond acceptors (Lipinski definition) is 3. The average Bonchev–Trinajstić information content (AvgIpc) is 2.97. The van der Waals surface area contributed by atoms with Crippen LogP contribution in [-0.2, 0) is 0 Å². The number of hydrogen-bond donors (Lipinski definition) is 2. The van der Waals surface area contributed by atoms with E-state index in [1.54, 1.807) is 12.3 Å². The number of ether oxygens (including phenoxy) is 1. The molecule has 0 radical (unpaired) electrons. The van der Waals surface area contributed by atoms with E-state index in [1.807, 2.05) is 38.1 Å². The first-order valence-electron chi connectivity index (χ1n) is 6.47. The van der Waals surface area contributed by atoms with Crippen molar-refractivity contribution in [2.24, 2.45) is 4.99 Å². The second-order valence-electron chi connectivity index (χ2n) is 4.86. The monoisotopic (exact) mass is 269 g/mol. The lowest BCUT2D eigenvalue weighted by atomic mass is 10.1. The Kier molecular flexibility index (Phi) is 3.02. The van der Waals surface area contributed by atoms with E-state index in [0.717, 1.165) is 16.8 Å². The standard InChI is InChI=1S/C15H15N3O2/c1-9(2)20-15-12(14(19)17-18-15)7-10-8-16-13-6-4-3-5-11(10)13/h3-9H,1-2H3,(H2,17,18,19)/b10-7+. The van der Waals surface area contributed by atoms with Gasteiger partial charge in [0.05, 0.1) is 11.8 Å². The first-order valence-corrected chi connectivity index (χ1v) is 6.47. The van der Waals surface area contributed by atoms with E-state index < -0.39 is 0 Å². The van der Waals surface area contributed by atoms with Crippen molar-refractivity contribution in [2.75, 3.05) is 0 Å².